The van der Waals surface area contributed by atoms with E-state index >= 15 is 0 Å². The van der Waals surface area contributed by atoms with Crippen LogP contribution in [0.1, 0.15) is 24.2 Å². The normalized spacial score (nSPS) is 11.5. The van der Waals surface area contributed by atoms with Crippen LogP contribution in [0.2, 0.25) is 0 Å². The zero-order valence-electron chi connectivity index (χ0n) is 13.7. The molecule has 0 unspecified atom stereocenters. The number of nitrogens with one attached hydrogen (secondary N) is 1. The molecular formula is C18H17F2NO4. The summed E-state index contributed by atoms with van der Waals surface area (Å²) in [5, 5.41) is 2.50. The van der Waals surface area contributed by atoms with E-state index in [1.54, 1.807) is 24.3 Å². The molecule has 0 radical (unpaired) electrons. The van der Waals surface area contributed by atoms with Crippen LogP contribution in [0.4, 0.5) is 8.78 Å². The smallest absolute Gasteiger partial charge is 0.303 e. The van der Waals surface area contributed by atoms with Gasteiger partial charge < -0.3 is 14.8 Å². The van der Waals surface area contributed by atoms with E-state index in [0.29, 0.717) is 5.75 Å². The molecule has 5 nitrogen and oxygen atoms in total. The summed E-state index contributed by atoms with van der Waals surface area (Å²) in [5.41, 5.74) is 0.134. The number of ether oxygens (including phenoxy) is 2. The molecule has 2 aromatic carbocycles. The number of hydrogen-bond acceptors (Lipinski definition) is 4. The Morgan fingerprint density at radius 1 is 1.08 bits per heavy atom. The second-order valence-electron chi connectivity index (χ2n) is 5.19. The molecule has 2 rings (SSSR count). The van der Waals surface area contributed by atoms with E-state index in [0.717, 1.165) is 30.7 Å². The van der Waals surface area contributed by atoms with Crippen LogP contribution in [0.5, 0.6) is 5.75 Å². The fourth-order valence-electron chi connectivity index (χ4n) is 2.20. The number of benzene rings is 2. The number of rotatable bonds is 6. The summed E-state index contributed by atoms with van der Waals surface area (Å²) >= 11 is 0. The monoisotopic (exact) mass is 349 g/mol. The summed E-state index contributed by atoms with van der Waals surface area (Å²) in [6.45, 7) is 1.15. The molecule has 0 aliphatic carbocycles. The van der Waals surface area contributed by atoms with E-state index < -0.39 is 35.2 Å². The minimum absolute atomic E-state index is 0.0939. The van der Waals surface area contributed by atoms with Crippen molar-refractivity contribution < 1.29 is 27.8 Å². The number of hydrogen-bond donors (Lipinski definition) is 1. The average Bonchev–Trinajstić information content (AvgIpc) is 2.58. The number of halogens is 2. The lowest BCUT2D eigenvalue weighted by molar-refractivity contribution is -0.154. The Morgan fingerprint density at radius 2 is 1.68 bits per heavy atom. The number of methoxy groups -OCH3 is 1. The largest absolute Gasteiger partial charge is 0.497 e. The van der Waals surface area contributed by atoms with Crippen molar-refractivity contribution >= 4 is 11.9 Å². The van der Waals surface area contributed by atoms with Gasteiger partial charge in [-0.15, -0.1) is 0 Å². The molecule has 1 amide bonds. The summed E-state index contributed by atoms with van der Waals surface area (Å²) in [6.07, 6.45) is -1.71. The Hall–Kier alpha value is -2.96. The lowest BCUT2D eigenvalue weighted by Crippen LogP contribution is -2.32. The van der Waals surface area contributed by atoms with Gasteiger partial charge in [-0.25, -0.2) is 8.78 Å². The number of carbonyl (C=O) groups excluding carboxylic acids is 2. The number of amides is 1. The van der Waals surface area contributed by atoms with Gasteiger partial charge >= 0.3 is 5.97 Å². The van der Waals surface area contributed by atoms with Crippen molar-refractivity contribution in [3.05, 3.63) is 65.2 Å². The molecule has 7 heteroatoms. The van der Waals surface area contributed by atoms with E-state index in [4.69, 9.17) is 9.47 Å². The second-order valence-corrected chi connectivity index (χ2v) is 5.19. The van der Waals surface area contributed by atoms with Gasteiger partial charge in [0.2, 0.25) is 6.10 Å². The number of carbonyl (C=O) groups is 2. The van der Waals surface area contributed by atoms with Crippen LogP contribution in [0.3, 0.4) is 0 Å². The van der Waals surface area contributed by atoms with Gasteiger partial charge in [0, 0.05) is 13.5 Å². The maximum Gasteiger partial charge on any atom is 0.303 e. The van der Waals surface area contributed by atoms with E-state index in [1.807, 2.05) is 0 Å². The van der Waals surface area contributed by atoms with Crippen LogP contribution in [0, 0.1) is 11.6 Å². The molecular weight excluding hydrogens is 332 g/mol. The summed E-state index contributed by atoms with van der Waals surface area (Å²) in [7, 11) is 1.53. The molecule has 1 N–H and O–H groups in total. The summed E-state index contributed by atoms with van der Waals surface area (Å²) < 4.78 is 37.7. The van der Waals surface area contributed by atoms with E-state index in [-0.39, 0.29) is 6.54 Å². The lowest BCUT2D eigenvalue weighted by atomic mass is 10.1. The Balaban J connectivity index is 2.16. The zero-order chi connectivity index (χ0) is 18.4. The second kappa shape index (κ2) is 8.23. The van der Waals surface area contributed by atoms with Gasteiger partial charge in [-0.05, 0) is 29.8 Å². The van der Waals surface area contributed by atoms with Gasteiger partial charge in [-0.3, -0.25) is 9.59 Å². The topological polar surface area (TPSA) is 64.6 Å². The lowest BCUT2D eigenvalue weighted by Gasteiger charge is -2.18. The average molecular weight is 349 g/mol. The molecule has 0 spiro atoms. The standard InChI is InChI=1S/C18H17F2NO4/c1-11(22)25-17(16-14(19)4-3-5-15(16)20)18(23)21-10-12-6-8-13(24-2)9-7-12/h3-9,17H,10H2,1-2H3,(H,21,23)/t17-/m1/s1. The molecule has 0 aliphatic heterocycles. The third kappa shape index (κ3) is 4.76. The molecule has 25 heavy (non-hydrogen) atoms. The third-order valence-corrected chi connectivity index (χ3v) is 3.41. The van der Waals surface area contributed by atoms with Crippen molar-refractivity contribution in [3.63, 3.8) is 0 Å². The Bertz CT molecular complexity index is 742. The van der Waals surface area contributed by atoms with Crippen molar-refractivity contribution in [2.75, 3.05) is 7.11 Å². The van der Waals surface area contributed by atoms with Gasteiger partial charge in [0.25, 0.3) is 5.91 Å². The first-order chi connectivity index (χ1) is 11.9. The SMILES string of the molecule is COc1ccc(CNC(=O)[C@H](OC(C)=O)c2c(F)cccc2F)cc1. The molecule has 0 saturated carbocycles. The summed E-state index contributed by atoms with van der Waals surface area (Å²) in [5.74, 6) is -2.93. The van der Waals surface area contributed by atoms with E-state index in [2.05, 4.69) is 5.32 Å². The predicted molar refractivity (Wildman–Crippen MR) is 85.7 cm³/mol. The van der Waals surface area contributed by atoms with E-state index in [9.17, 15) is 18.4 Å². The van der Waals surface area contributed by atoms with Crippen molar-refractivity contribution in [2.24, 2.45) is 0 Å². The van der Waals surface area contributed by atoms with E-state index in [1.165, 1.54) is 7.11 Å². The quantitative estimate of drug-likeness (QED) is 0.815. The molecule has 0 aliphatic rings. The first kappa shape index (κ1) is 18.4. The maximum absolute atomic E-state index is 13.9. The Kier molecular flexibility index (Phi) is 6.05. The first-order valence-electron chi connectivity index (χ1n) is 7.44. The zero-order valence-corrected chi connectivity index (χ0v) is 13.7. The fraction of sp³-hybridized carbons (Fsp3) is 0.222. The molecule has 0 fully saturated rings. The molecule has 132 valence electrons. The van der Waals surface area contributed by atoms with Crippen LogP contribution >= 0.6 is 0 Å². The van der Waals surface area contributed by atoms with Crippen molar-refractivity contribution in [1.82, 2.24) is 5.32 Å². The van der Waals surface area contributed by atoms with Crippen LogP contribution < -0.4 is 10.1 Å². The molecule has 0 bridgehead atoms. The van der Waals surface area contributed by atoms with Gasteiger partial charge in [-0.1, -0.05) is 18.2 Å². The Labute approximate surface area is 143 Å². The molecule has 2 aromatic rings. The molecule has 0 aromatic heterocycles. The highest BCUT2D eigenvalue weighted by Crippen LogP contribution is 2.24. The highest BCUT2D eigenvalue weighted by Gasteiger charge is 2.29. The summed E-state index contributed by atoms with van der Waals surface area (Å²) in [4.78, 5) is 23.6. The predicted octanol–water partition coefficient (Wildman–Crippen LogP) is 2.89. The van der Waals surface area contributed by atoms with Gasteiger partial charge in [0.05, 0.1) is 12.7 Å². The minimum atomic E-state index is -1.71. The third-order valence-electron chi connectivity index (χ3n) is 3.41. The molecule has 0 heterocycles. The van der Waals surface area contributed by atoms with Crippen LogP contribution in [-0.4, -0.2) is 19.0 Å². The number of esters is 1. The molecule has 0 saturated heterocycles. The maximum atomic E-state index is 13.9. The van der Waals surface area contributed by atoms with Crippen molar-refractivity contribution in [1.29, 1.82) is 0 Å². The minimum Gasteiger partial charge on any atom is -0.497 e. The van der Waals surface area contributed by atoms with Crippen LogP contribution in [0.15, 0.2) is 42.5 Å². The fourth-order valence-corrected chi connectivity index (χ4v) is 2.20. The van der Waals surface area contributed by atoms with Crippen LogP contribution in [0.25, 0.3) is 0 Å². The molecule has 1 atom stereocenters. The van der Waals surface area contributed by atoms with Crippen molar-refractivity contribution in [3.8, 4) is 5.75 Å². The van der Waals surface area contributed by atoms with Crippen molar-refractivity contribution in [2.45, 2.75) is 19.6 Å². The first-order valence-corrected chi connectivity index (χ1v) is 7.44. The van der Waals surface area contributed by atoms with Gasteiger partial charge in [-0.2, -0.15) is 0 Å². The van der Waals surface area contributed by atoms with Gasteiger partial charge in [0.15, 0.2) is 0 Å². The summed E-state index contributed by atoms with van der Waals surface area (Å²) in [6, 6.07) is 10.0. The highest BCUT2D eigenvalue weighted by molar-refractivity contribution is 5.84. The Morgan fingerprint density at radius 3 is 2.20 bits per heavy atom. The highest BCUT2D eigenvalue weighted by atomic mass is 19.1. The van der Waals surface area contributed by atoms with Gasteiger partial charge in [0.1, 0.15) is 17.4 Å². The van der Waals surface area contributed by atoms with Crippen LogP contribution in [-0.2, 0) is 20.9 Å².